The predicted molar refractivity (Wildman–Crippen MR) is 267 cm³/mol. The second kappa shape index (κ2) is 14.5. The van der Waals surface area contributed by atoms with Gasteiger partial charge < -0.3 is 4.57 Å². The molecule has 298 valence electrons. The van der Waals surface area contributed by atoms with Gasteiger partial charge in [-0.25, -0.2) is 9.97 Å². The zero-order valence-corrected chi connectivity index (χ0v) is 34.7. The average molecular weight is 815 g/mol. The molecule has 0 aliphatic heterocycles. The molecule has 10 aromatic carbocycles. The standard InChI is InChI=1S/C60H38N4/c1-3-14-39(15-4-1)42-26-28-43(29-27-42)45-20-13-21-48(35-45)63-55-24-11-9-22-49(55)51-38-58-52(37-57(51)63)50-23-10-12-25-56(50)64(58)60-61-54-33-32-46(40-16-5-2-6-17-40)36-53(54)59(62-60)47-31-30-41-18-7-8-19-44(41)34-47/h1-38H. The largest absolute Gasteiger partial charge is 0.309 e. The van der Waals surface area contributed by atoms with Crippen LogP contribution in [0.15, 0.2) is 231 Å². The normalized spacial score (nSPS) is 11.8. The topological polar surface area (TPSA) is 35.6 Å². The Balaban J connectivity index is 1.02. The number of aromatic nitrogens is 4. The Hall–Kier alpha value is -8.60. The molecule has 0 N–H and O–H groups in total. The van der Waals surface area contributed by atoms with Crippen LogP contribution in [0.2, 0.25) is 0 Å². The number of para-hydroxylation sites is 2. The summed E-state index contributed by atoms with van der Waals surface area (Å²) in [5.74, 6) is 0.642. The minimum atomic E-state index is 0.642. The first-order valence-electron chi connectivity index (χ1n) is 21.8. The first-order valence-corrected chi connectivity index (χ1v) is 21.8. The summed E-state index contributed by atoms with van der Waals surface area (Å²) >= 11 is 0. The average Bonchev–Trinajstić information content (AvgIpc) is 3.87. The molecule has 0 atom stereocenters. The van der Waals surface area contributed by atoms with Crippen LogP contribution in [-0.4, -0.2) is 19.1 Å². The SMILES string of the molecule is c1ccc(-c2ccc(-c3cccc(-n4c5ccccc5c5cc6c(cc54)c4ccccc4n6-c4nc(-c5ccc6ccccc6c5)c5cc(-c6ccccc6)ccc5n4)c3)cc2)cc1. The van der Waals surface area contributed by atoms with Gasteiger partial charge in [0.1, 0.15) is 0 Å². The van der Waals surface area contributed by atoms with Gasteiger partial charge in [-0.1, -0.05) is 176 Å². The minimum absolute atomic E-state index is 0.642. The fraction of sp³-hybridized carbons (Fsp3) is 0. The quantitative estimate of drug-likeness (QED) is 0.168. The number of hydrogen-bond acceptors (Lipinski definition) is 2. The summed E-state index contributed by atoms with van der Waals surface area (Å²) in [6.07, 6.45) is 0. The van der Waals surface area contributed by atoms with Crippen LogP contribution < -0.4 is 0 Å². The lowest BCUT2D eigenvalue weighted by Crippen LogP contribution is -2.03. The first-order chi connectivity index (χ1) is 31.7. The number of rotatable bonds is 6. The lowest BCUT2D eigenvalue weighted by atomic mass is 9.99. The molecule has 0 radical (unpaired) electrons. The monoisotopic (exact) mass is 814 g/mol. The van der Waals surface area contributed by atoms with Crippen LogP contribution in [0.3, 0.4) is 0 Å². The third kappa shape index (κ3) is 5.84. The summed E-state index contributed by atoms with van der Waals surface area (Å²) in [4.78, 5) is 11.0. The van der Waals surface area contributed by atoms with Gasteiger partial charge in [0.15, 0.2) is 0 Å². The maximum Gasteiger partial charge on any atom is 0.235 e. The zero-order valence-electron chi connectivity index (χ0n) is 34.7. The van der Waals surface area contributed by atoms with E-state index in [2.05, 4.69) is 240 Å². The van der Waals surface area contributed by atoms with Crippen LogP contribution >= 0.6 is 0 Å². The predicted octanol–water partition coefficient (Wildman–Crippen LogP) is 15.6. The van der Waals surface area contributed by atoms with Crippen LogP contribution in [0, 0.1) is 0 Å². The van der Waals surface area contributed by atoms with E-state index in [1.807, 2.05) is 0 Å². The van der Waals surface area contributed by atoms with Gasteiger partial charge >= 0.3 is 0 Å². The van der Waals surface area contributed by atoms with Crippen molar-refractivity contribution in [2.75, 3.05) is 0 Å². The summed E-state index contributed by atoms with van der Waals surface area (Å²) < 4.78 is 4.69. The molecule has 0 amide bonds. The van der Waals surface area contributed by atoms with Gasteiger partial charge in [0.25, 0.3) is 0 Å². The van der Waals surface area contributed by atoms with Gasteiger partial charge in [-0.15, -0.1) is 0 Å². The van der Waals surface area contributed by atoms with E-state index in [0.717, 1.165) is 71.8 Å². The minimum Gasteiger partial charge on any atom is -0.309 e. The zero-order chi connectivity index (χ0) is 42.1. The summed E-state index contributed by atoms with van der Waals surface area (Å²) in [5, 5.41) is 8.06. The molecular formula is C60H38N4. The molecule has 0 bridgehead atoms. The van der Waals surface area contributed by atoms with Crippen molar-refractivity contribution < 1.29 is 0 Å². The van der Waals surface area contributed by atoms with Crippen LogP contribution in [-0.2, 0) is 0 Å². The van der Waals surface area contributed by atoms with Gasteiger partial charge in [-0.2, -0.15) is 0 Å². The fourth-order valence-corrected chi connectivity index (χ4v) is 9.82. The van der Waals surface area contributed by atoms with E-state index >= 15 is 0 Å². The lowest BCUT2D eigenvalue weighted by molar-refractivity contribution is 1.01. The highest BCUT2D eigenvalue weighted by molar-refractivity contribution is 6.19. The maximum absolute atomic E-state index is 5.56. The molecule has 0 aliphatic carbocycles. The van der Waals surface area contributed by atoms with E-state index in [0.29, 0.717) is 5.95 Å². The van der Waals surface area contributed by atoms with Gasteiger partial charge in [-0.3, -0.25) is 4.57 Å². The van der Waals surface area contributed by atoms with Crippen molar-refractivity contribution in [3.63, 3.8) is 0 Å². The van der Waals surface area contributed by atoms with Crippen molar-refractivity contribution in [3.05, 3.63) is 231 Å². The summed E-state index contributed by atoms with van der Waals surface area (Å²) in [6, 6.07) is 82.8. The molecular weight excluding hydrogens is 777 g/mol. The molecule has 13 rings (SSSR count). The Kier molecular flexibility index (Phi) is 8.18. The Morgan fingerprint density at radius 1 is 0.266 bits per heavy atom. The maximum atomic E-state index is 5.56. The van der Waals surface area contributed by atoms with Crippen molar-refractivity contribution in [1.82, 2.24) is 19.1 Å². The summed E-state index contributed by atoms with van der Waals surface area (Å²) in [6.45, 7) is 0. The summed E-state index contributed by atoms with van der Waals surface area (Å²) in [5.41, 5.74) is 15.5. The Bertz CT molecular complexity index is 3940. The van der Waals surface area contributed by atoms with Crippen molar-refractivity contribution in [3.8, 4) is 56.3 Å². The number of benzene rings is 10. The highest BCUT2D eigenvalue weighted by atomic mass is 15.2. The highest BCUT2D eigenvalue weighted by Crippen LogP contribution is 2.41. The van der Waals surface area contributed by atoms with Gasteiger partial charge in [0.05, 0.1) is 33.3 Å². The van der Waals surface area contributed by atoms with Crippen molar-refractivity contribution in [2.24, 2.45) is 0 Å². The van der Waals surface area contributed by atoms with Crippen LogP contribution in [0.5, 0.6) is 0 Å². The summed E-state index contributed by atoms with van der Waals surface area (Å²) in [7, 11) is 0. The molecule has 0 aliphatic rings. The second-order valence-corrected chi connectivity index (χ2v) is 16.6. The molecule has 13 aromatic rings. The molecule has 0 spiro atoms. The van der Waals surface area contributed by atoms with Crippen LogP contribution in [0.4, 0.5) is 0 Å². The lowest BCUT2D eigenvalue weighted by Gasteiger charge is -2.14. The number of nitrogens with zero attached hydrogens (tertiary/aromatic N) is 4. The number of hydrogen-bond donors (Lipinski definition) is 0. The van der Waals surface area contributed by atoms with Crippen molar-refractivity contribution in [2.45, 2.75) is 0 Å². The second-order valence-electron chi connectivity index (χ2n) is 16.6. The Morgan fingerprint density at radius 3 is 1.50 bits per heavy atom. The van der Waals surface area contributed by atoms with Gasteiger partial charge in [-0.05, 0) is 98.8 Å². The van der Waals surface area contributed by atoms with E-state index in [-0.39, 0.29) is 0 Å². The third-order valence-corrected chi connectivity index (χ3v) is 12.9. The van der Waals surface area contributed by atoms with E-state index in [4.69, 9.17) is 9.97 Å². The van der Waals surface area contributed by atoms with E-state index in [1.54, 1.807) is 0 Å². The molecule has 0 unspecified atom stereocenters. The molecule has 3 aromatic heterocycles. The molecule has 4 nitrogen and oxygen atoms in total. The van der Waals surface area contributed by atoms with E-state index < -0.39 is 0 Å². The molecule has 4 heteroatoms. The van der Waals surface area contributed by atoms with Crippen molar-refractivity contribution >= 4 is 65.3 Å². The third-order valence-electron chi connectivity index (χ3n) is 12.9. The molecule has 3 heterocycles. The molecule has 0 saturated heterocycles. The Labute approximate surface area is 369 Å². The van der Waals surface area contributed by atoms with E-state index in [1.165, 1.54) is 43.8 Å². The highest BCUT2D eigenvalue weighted by Gasteiger charge is 2.21. The van der Waals surface area contributed by atoms with Gasteiger partial charge in [0.2, 0.25) is 5.95 Å². The van der Waals surface area contributed by atoms with E-state index in [9.17, 15) is 0 Å². The van der Waals surface area contributed by atoms with Gasteiger partial charge in [0, 0.05) is 38.2 Å². The van der Waals surface area contributed by atoms with Crippen LogP contribution in [0.1, 0.15) is 0 Å². The Morgan fingerprint density at radius 2 is 0.781 bits per heavy atom. The smallest absolute Gasteiger partial charge is 0.235 e. The molecule has 64 heavy (non-hydrogen) atoms. The number of fused-ring (bicyclic) bond motifs is 8. The molecule has 0 saturated carbocycles. The van der Waals surface area contributed by atoms with Crippen LogP contribution in [0.25, 0.3) is 122 Å². The fourth-order valence-electron chi connectivity index (χ4n) is 9.82. The molecule has 0 fully saturated rings. The van der Waals surface area contributed by atoms with Crippen molar-refractivity contribution in [1.29, 1.82) is 0 Å². The first kappa shape index (κ1) is 36.1.